The Morgan fingerprint density at radius 2 is 1.82 bits per heavy atom. The summed E-state index contributed by atoms with van der Waals surface area (Å²) in [5, 5.41) is 51.9. The van der Waals surface area contributed by atoms with Crippen LogP contribution in [0.3, 0.4) is 0 Å². The molecule has 0 bridgehead atoms. The molecule has 0 saturated heterocycles. The SMILES string of the molecule is CCC1(C(=O)O)C(C=NOc2ccc([N+](=O)[O-])cc2[N+](=O)[O-])NC(Cn2ccnc2)=C(C(=O)OC)C1c1cccc([N+](=O)[O-])c1. The molecule has 1 aliphatic rings. The predicted molar refractivity (Wildman–Crippen MR) is 153 cm³/mol. The number of carboxylic acid groups (broad SMARTS) is 1. The van der Waals surface area contributed by atoms with Crippen LogP contribution in [0.25, 0.3) is 0 Å². The molecule has 0 radical (unpaired) electrons. The van der Waals surface area contributed by atoms with Crippen molar-refractivity contribution < 1.29 is 39.0 Å². The molecule has 18 nitrogen and oxygen atoms in total. The lowest BCUT2D eigenvalue weighted by Crippen LogP contribution is -2.59. The largest absolute Gasteiger partial charge is 0.481 e. The molecule has 3 unspecified atom stereocenters. The van der Waals surface area contributed by atoms with E-state index in [1.54, 1.807) is 17.7 Å². The van der Waals surface area contributed by atoms with Crippen LogP contribution in [0.1, 0.15) is 24.8 Å². The van der Waals surface area contributed by atoms with Gasteiger partial charge in [0.25, 0.3) is 11.4 Å². The number of benzene rings is 2. The van der Waals surface area contributed by atoms with Crippen LogP contribution in [0, 0.1) is 35.8 Å². The van der Waals surface area contributed by atoms with Gasteiger partial charge in [0.1, 0.15) is 5.41 Å². The Hall–Kier alpha value is -6.20. The van der Waals surface area contributed by atoms with E-state index in [-0.39, 0.29) is 35.5 Å². The van der Waals surface area contributed by atoms with Gasteiger partial charge in [-0.05, 0) is 18.1 Å². The van der Waals surface area contributed by atoms with Gasteiger partial charge in [-0.2, -0.15) is 0 Å². The smallest absolute Gasteiger partial charge is 0.336 e. The van der Waals surface area contributed by atoms with E-state index in [0.717, 1.165) is 25.5 Å². The maximum absolute atomic E-state index is 13.4. The van der Waals surface area contributed by atoms with Crippen molar-refractivity contribution >= 4 is 35.2 Å². The predicted octanol–water partition coefficient (Wildman–Crippen LogP) is 3.34. The van der Waals surface area contributed by atoms with E-state index < -0.39 is 61.2 Å². The number of imidazole rings is 1. The summed E-state index contributed by atoms with van der Waals surface area (Å²) in [7, 11) is 1.11. The fourth-order valence-electron chi connectivity index (χ4n) is 5.32. The number of carbonyl (C=O) groups is 2. The quantitative estimate of drug-likeness (QED) is 0.127. The number of carbonyl (C=O) groups excluding carboxylic acids is 1. The summed E-state index contributed by atoms with van der Waals surface area (Å²) in [5.41, 5.74) is -3.42. The molecule has 3 aromatic rings. The zero-order chi connectivity index (χ0) is 32.9. The van der Waals surface area contributed by atoms with E-state index >= 15 is 0 Å². The van der Waals surface area contributed by atoms with Crippen molar-refractivity contribution in [2.24, 2.45) is 10.6 Å². The summed E-state index contributed by atoms with van der Waals surface area (Å²) in [6.45, 7) is 1.51. The number of hydrogen-bond donors (Lipinski definition) is 2. The molecule has 234 valence electrons. The number of nitrogens with one attached hydrogen (secondary N) is 1. The van der Waals surface area contributed by atoms with Crippen molar-refractivity contribution in [1.29, 1.82) is 0 Å². The van der Waals surface area contributed by atoms with E-state index in [1.165, 1.54) is 36.8 Å². The minimum atomic E-state index is -1.95. The molecule has 1 aliphatic heterocycles. The first kappa shape index (κ1) is 31.7. The summed E-state index contributed by atoms with van der Waals surface area (Å²) in [5.74, 6) is -4.09. The van der Waals surface area contributed by atoms with Crippen LogP contribution in [0.5, 0.6) is 5.75 Å². The van der Waals surface area contributed by atoms with Crippen molar-refractivity contribution in [1.82, 2.24) is 14.9 Å². The number of aromatic nitrogens is 2. The molecular weight excluding hydrogens is 598 g/mol. The topological polar surface area (TPSA) is 244 Å². The van der Waals surface area contributed by atoms with Crippen LogP contribution in [0.2, 0.25) is 0 Å². The second-order valence-corrected chi connectivity index (χ2v) is 9.74. The molecular formula is C27H25N7O11. The number of nitro benzene ring substituents is 3. The maximum atomic E-state index is 13.4. The first-order valence-corrected chi connectivity index (χ1v) is 13.1. The fourth-order valence-corrected chi connectivity index (χ4v) is 5.32. The number of allylic oxidation sites excluding steroid dienone is 1. The zero-order valence-electron chi connectivity index (χ0n) is 23.6. The molecule has 2 N–H and O–H groups in total. The molecule has 0 fully saturated rings. The highest BCUT2D eigenvalue weighted by Gasteiger charge is 2.57. The van der Waals surface area contributed by atoms with Crippen LogP contribution in [0.4, 0.5) is 17.1 Å². The average molecular weight is 624 g/mol. The van der Waals surface area contributed by atoms with Crippen LogP contribution in [-0.2, 0) is 20.9 Å². The van der Waals surface area contributed by atoms with Crippen molar-refractivity contribution in [3.63, 3.8) is 0 Å². The molecule has 1 aromatic heterocycles. The van der Waals surface area contributed by atoms with Crippen molar-refractivity contribution in [3.05, 3.63) is 108 Å². The molecule has 4 rings (SSSR count). The molecule has 2 heterocycles. The molecule has 0 spiro atoms. The van der Waals surface area contributed by atoms with Gasteiger partial charge in [0.05, 0.1) is 58.6 Å². The summed E-state index contributed by atoms with van der Waals surface area (Å²) in [6.07, 6.45) is 5.40. The number of esters is 1. The van der Waals surface area contributed by atoms with Gasteiger partial charge in [0.15, 0.2) is 0 Å². The maximum Gasteiger partial charge on any atom is 0.336 e. The lowest BCUT2D eigenvalue weighted by molar-refractivity contribution is -0.394. The molecule has 3 atom stereocenters. The normalized spacial score (nSPS) is 19.5. The molecule has 0 aliphatic carbocycles. The number of nitro groups is 3. The number of hydrogen-bond acceptors (Lipinski definition) is 13. The highest BCUT2D eigenvalue weighted by atomic mass is 16.7. The summed E-state index contributed by atoms with van der Waals surface area (Å²) < 4.78 is 6.65. The molecule has 0 saturated carbocycles. The van der Waals surface area contributed by atoms with Crippen molar-refractivity contribution in [2.45, 2.75) is 31.8 Å². The molecule has 18 heteroatoms. The number of aliphatic carboxylic acids is 1. The van der Waals surface area contributed by atoms with Crippen LogP contribution >= 0.6 is 0 Å². The second-order valence-electron chi connectivity index (χ2n) is 9.74. The summed E-state index contributed by atoms with van der Waals surface area (Å²) >= 11 is 0. The van der Waals surface area contributed by atoms with Gasteiger partial charge in [-0.25, -0.2) is 9.78 Å². The monoisotopic (exact) mass is 623 g/mol. The standard InChI is InChI=1S/C27H25N7O11/c1-3-27(26(36)37)22(13-29-45-21-8-7-18(33(40)41)12-20(21)34(42)43)30-19(14-31-10-9-28-15-31)23(25(35)44-2)24(27)16-5-4-6-17(11-16)32(38)39/h4-13,15,22,24,30H,3,14H2,1-2H3,(H,36,37). The Balaban J connectivity index is 1.91. The number of nitrogens with zero attached hydrogens (tertiary/aromatic N) is 6. The van der Waals surface area contributed by atoms with Gasteiger partial charge in [-0.1, -0.05) is 24.2 Å². The first-order chi connectivity index (χ1) is 21.4. The minimum Gasteiger partial charge on any atom is -0.481 e. The number of rotatable bonds is 12. The van der Waals surface area contributed by atoms with Gasteiger partial charge >= 0.3 is 17.6 Å². The Bertz CT molecular complexity index is 1720. The Morgan fingerprint density at radius 1 is 1.11 bits per heavy atom. The number of methoxy groups -OCH3 is 1. The molecule has 0 amide bonds. The third-order valence-electron chi connectivity index (χ3n) is 7.43. The highest BCUT2D eigenvalue weighted by molar-refractivity contribution is 5.96. The third-order valence-corrected chi connectivity index (χ3v) is 7.43. The number of carboxylic acids is 1. The number of non-ortho nitro benzene ring substituents is 2. The van der Waals surface area contributed by atoms with E-state index in [1.807, 2.05) is 0 Å². The Kier molecular flexibility index (Phi) is 9.15. The summed E-state index contributed by atoms with van der Waals surface area (Å²) in [6, 6.07) is 6.55. The van der Waals surface area contributed by atoms with Crippen molar-refractivity contribution in [2.75, 3.05) is 7.11 Å². The number of oxime groups is 1. The van der Waals surface area contributed by atoms with Gasteiger partial charge in [-0.3, -0.25) is 35.1 Å². The van der Waals surface area contributed by atoms with Crippen LogP contribution in [0.15, 0.2) is 77.6 Å². The zero-order valence-corrected chi connectivity index (χ0v) is 23.6. The molecule has 45 heavy (non-hydrogen) atoms. The lowest BCUT2D eigenvalue weighted by Gasteiger charge is -2.46. The van der Waals surface area contributed by atoms with Crippen LogP contribution in [-0.4, -0.2) is 60.7 Å². The van der Waals surface area contributed by atoms with Gasteiger partial charge in [-0.15, -0.1) is 0 Å². The second kappa shape index (κ2) is 13.0. The highest BCUT2D eigenvalue weighted by Crippen LogP contribution is 2.51. The minimum absolute atomic E-state index is 0.0334. The van der Waals surface area contributed by atoms with Gasteiger partial charge in [0, 0.05) is 42.2 Å². The van der Waals surface area contributed by atoms with E-state index in [4.69, 9.17) is 9.57 Å². The van der Waals surface area contributed by atoms with Gasteiger partial charge < -0.3 is 24.6 Å². The first-order valence-electron chi connectivity index (χ1n) is 13.1. The third kappa shape index (κ3) is 6.14. The van der Waals surface area contributed by atoms with E-state index in [9.17, 15) is 45.0 Å². The van der Waals surface area contributed by atoms with Crippen molar-refractivity contribution in [3.8, 4) is 5.75 Å². The average Bonchev–Trinajstić information content (AvgIpc) is 3.53. The Morgan fingerprint density at radius 3 is 2.40 bits per heavy atom. The summed E-state index contributed by atoms with van der Waals surface area (Å²) in [4.78, 5) is 67.8. The molecule has 2 aromatic carbocycles. The van der Waals surface area contributed by atoms with Crippen LogP contribution < -0.4 is 10.2 Å². The van der Waals surface area contributed by atoms with Gasteiger partial charge in [0.2, 0.25) is 5.75 Å². The number of ether oxygens (including phenoxy) is 1. The Labute approximate surface area is 253 Å². The lowest BCUT2D eigenvalue weighted by atomic mass is 9.60. The van der Waals surface area contributed by atoms with E-state index in [2.05, 4.69) is 15.5 Å². The van der Waals surface area contributed by atoms with E-state index in [0.29, 0.717) is 6.07 Å². The fraction of sp³-hybridized carbons (Fsp3) is 0.259.